The van der Waals surface area contributed by atoms with Gasteiger partial charge in [0, 0.05) is 19.7 Å². The monoisotopic (exact) mass is 212 g/mol. The van der Waals surface area contributed by atoms with Gasteiger partial charge in [0.15, 0.2) is 0 Å². The number of nitrogens with zero attached hydrogens (tertiary/aromatic N) is 1. The molecule has 0 bridgehead atoms. The van der Waals surface area contributed by atoms with Gasteiger partial charge in [-0.25, -0.2) is 0 Å². The van der Waals surface area contributed by atoms with Gasteiger partial charge in [-0.05, 0) is 32.1 Å². The Morgan fingerprint density at radius 3 is 2.33 bits per heavy atom. The minimum absolute atomic E-state index is 0.0203. The molecule has 0 aromatic carbocycles. The Kier molecular flexibility index (Phi) is 5.09. The van der Waals surface area contributed by atoms with E-state index >= 15 is 0 Å². The molecule has 15 heavy (non-hydrogen) atoms. The number of hydrogen-bond donors (Lipinski definition) is 1. The van der Waals surface area contributed by atoms with Crippen LogP contribution in [0.3, 0.4) is 0 Å². The Morgan fingerprint density at radius 2 is 1.87 bits per heavy atom. The van der Waals surface area contributed by atoms with Gasteiger partial charge in [-0.3, -0.25) is 5.41 Å². The third-order valence-corrected chi connectivity index (χ3v) is 2.92. The largest absolute Gasteiger partial charge is 0.370 e. The maximum atomic E-state index is 8.18. The van der Waals surface area contributed by atoms with E-state index in [1.807, 2.05) is 6.92 Å². The molecular formula is C12H24N2O. The van der Waals surface area contributed by atoms with E-state index in [-0.39, 0.29) is 6.10 Å². The summed E-state index contributed by atoms with van der Waals surface area (Å²) >= 11 is 0. The summed E-state index contributed by atoms with van der Waals surface area (Å²) in [5.41, 5.74) is 0. The van der Waals surface area contributed by atoms with E-state index in [9.17, 15) is 0 Å². The molecule has 1 aliphatic rings. The molecular weight excluding hydrogens is 188 g/mol. The number of hydrogen-bond acceptors (Lipinski definition) is 2. The van der Waals surface area contributed by atoms with Crippen molar-refractivity contribution in [2.75, 3.05) is 19.7 Å². The Morgan fingerprint density at radius 1 is 1.27 bits per heavy atom. The maximum absolute atomic E-state index is 8.18. The van der Waals surface area contributed by atoms with E-state index in [0.717, 1.165) is 13.1 Å². The van der Waals surface area contributed by atoms with Gasteiger partial charge in [0.2, 0.25) is 0 Å². The van der Waals surface area contributed by atoms with Crippen LogP contribution < -0.4 is 0 Å². The predicted molar refractivity (Wildman–Crippen MR) is 63.4 cm³/mol. The van der Waals surface area contributed by atoms with Gasteiger partial charge < -0.3 is 9.64 Å². The molecule has 0 spiro atoms. The van der Waals surface area contributed by atoms with Gasteiger partial charge in [-0.15, -0.1) is 0 Å². The summed E-state index contributed by atoms with van der Waals surface area (Å²) in [6, 6.07) is 0. The maximum Gasteiger partial charge on any atom is 0.126 e. The van der Waals surface area contributed by atoms with Crippen molar-refractivity contribution in [1.82, 2.24) is 4.90 Å². The fourth-order valence-electron chi connectivity index (χ4n) is 2.08. The number of nitrogens with one attached hydrogen (secondary N) is 1. The second kappa shape index (κ2) is 6.11. The lowest BCUT2D eigenvalue weighted by Crippen LogP contribution is -2.44. The van der Waals surface area contributed by atoms with Crippen molar-refractivity contribution in [3.63, 3.8) is 0 Å². The van der Waals surface area contributed by atoms with Crippen LogP contribution in [0, 0.1) is 11.3 Å². The second-order valence-electron chi connectivity index (χ2n) is 4.55. The first-order valence-corrected chi connectivity index (χ1v) is 6.11. The third kappa shape index (κ3) is 3.49. The molecule has 1 rings (SSSR count). The van der Waals surface area contributed by atoms with Gasteiger partial charge in [0.25, 0.3) is 0 Å². The van der Waals surface area contributed by atoms with Crippen molar-refractivity contribution in [3.05, 3.63) is 0 Å². The summed E-state index contributed by atoms with van der Waals surface area (Å²) in [6.45, 7) is 9.01. The van der Waals surface area contributed by atoms with Crippen molar-refractivity contribution in [2.24, 2.45) is 5.92 Å². The average Bonchev–Trinajstić information content (AvgIpc) is 2.26. The summed E-state index contributed by atoms with van der Waals surface area (Å²) in [6.07, 6.45) is 3.73. The average molecular weight is 212 g/mol. The molecule has 0 saturated carbocycles. The van der Waals surface area contributed by atoms with Crippen molar-refractivity contribution in [1.29, 1.82) is 5.41 Å². The van der Waals surface area contributed by atoms with Crippen LogP contribution >= 0.6 is 0 Å². The fraction of sp³-hybridized carbons (Fsp3) is 0.917. The predicted octanol–water partition coefficient (Wildman–Crippen LogP) is 2.51. The molecule has 3 heteroatoms. The summed E-state index contributed by atoms with van der Waals surface area (Å²) in [5, 5.41) is 8.18. The van der Waals surface area contributed by atoms with Crippen LogP contribution in [0.25, 0.3) is 0 Å². The minimum Gasteiger partial charge on any atom is -0.370 e. The quantitative estimate of drug-likeness (QED) is 0.574. The summed E-state index contributed by atoms with van der Waals surface area (Å²) < 4.78 is 5.65. The van der Waals surface area contributed by atoms with Crippen LogP contribution in [-0.2, 0) is 4.74 Å². The Labute approximate surface area is 93.3 Å². The highest BCUT2D eigenvalue weighted by Crippen LogP contribution is 2.15. The van der Waals surface area contributed by atoms with Crippen LogP contribution in [0.4, 0.5) is 0 Å². The van der Waals surface area contributed by atoms with E-state index in [4.69, 9.17) is 10.1 Å². The van der Waals surface area contributed by atoms with Gasteiger partial charge in [0.05, 0.1) is 0 Å². The Balaban J connectivity index is 2.53. The van der Waals surface area contributed by atoms with Crippen molar-refractivity contribution < 1.29 is 4.74 Å². The third-order valence-electron chi connectivity index (χ3n) is 2.92. The van der Waals surface area contributed by atoms with Gasteiger partial charge >= 0.3 is 0 Å². The molecule has 1 unspecified atom stereocenters. The zero-order valence-electron chi connectivity index (χ0n) is 10.3. The normalized spacial score (nSPS) is 19.3. The highest BCUT2D eigenvalue weighted by molar-refractivity contribution is 5.84. The Hall–Kier alpha value is -0.570. The van der Waals surface area contributed by atoms with Crippen LogP contribution in [0.5, 0.6) is 0 Å². The zero-order valence-corrected chi connectivity index (χ0v) is 10.3. The van der Waals surface area contributed by atoms with E-state index in [1.165, 1.54) is 19.3 Å². The first-order valence-electron chi connectivity index (χ1n) is 6.11. The zero-order chi connectivity index (χ0) is 11.3. The molecule has 0 radical (unpaired) electrons. The van der Waals surface area contributed by atoms with Crippen molar-refractivity contribution in [3.8, 4) is 0 Å². The molecule has 1 heterocycles. The smallest absolute Gasteiger partial charge is 0.126 e. The number of likely N-dealkylation sites (tertiary alicyclic amines) is 1. The lowest BCUT2D eigenvalue weighted by atomic mass is 10.0. The summed E-state index contributed by atoms with van der Waals surface area (Å²) in [4.78, 5) is 2.18. The number of rotatable bonds is 4. The molecule has 1 N–H and O–H groups in total. The van der Waals surface area contributed by atoms with Crippen molar-refractivity contribution in [2.45, 2.75) is 46.1 Å². The molecule has 0 aromatic heterocycles. The van der Waals surface area contributed by atoms with Gasteiger partial charge in [-0.2, -0.15) is 0 Å². The standard InChI is InChI=1S/C12H24N2O/c1-4-15-11(10(2)3)12(13)14-8-6-5-7-9-14/h10-11,13H,4-9H2,1-3H3. The lowest BCUT2D eigenvalue weighted by molar-refractivity contribution is 0.0667. The molecule has 0 aliphatic carbocycles. The summed E-state index contributed by atoms with van der Waals surface area (Å²) in [7, 11) is 0. The summed E-state index contributed by atoms with van der Waals surface area (Å²) in [5.74, 6) is 1.07. The van der Waals surface area contributed by atoms with Gasteiger partial charge in [-0.1, -0.05) is 13.8 Å². The molecule has 0 amide bonds. The first kappa shape index (κ1) is 12.5. The van der Waals surface area contributed by atoms with Crippen molar-refractivity contribution >= 4 is 5.84 Å². The molecule has 1 saturated heterocycles. The number of amidine groups is 1. The molecule has 0 aromatic rings. The fourth-order valence-corrected chi connectivity index (χ4v) is 2.08. The number of ether oxygens (including phenoxy) is 1. The minimum atomic E-state index is -0.0203. The molecule has 1 atom stereocenters. The highest BCUT2D eigenvalue weighted by Gasteiger charge is 2.24. The molecule has 1 fully saturated rings. The topological polar surface area (TPSA) is 36.3 Å². The number of piperidine rings is 1. The van der Waals surface area contributed by atoms with Crippen LogP contribution in [0.1, 0.15) is 40.0 Å². The highest BCUT2D eigenvalue weighted by atomic mass is 16.5. The lowest BCUT2D eigenvalue weighted by Gasteiger charge is -2.34. The molecule has 1 aliphatic heterocycles. The van der Waals surface area contributed by atoms with E-state index in [0.29, 0.717) is 18.4 Å². The van der Waals surface area contributed by atoms with E-state index in [2.05, 4.69) is 18.7 Å². The second-order valence-corrected chi connectivity index (χ2v) is 4.55. The van der Waals surface area contributed by atoms with Gasteiger partial charge in [0.1, 0.15) is 11.9 Å². The van der Waals surface area contributed by atoms with Crippen LogP contribution in [-0.4, -0.2) is 36.5 Å². The Bertz CT molecular complexity index is 198. The van der Waals surface area contributed by atoms with Crippen LogP contribution in [0.2, 0.25) is 0 Å². The molecule has 3 nitrogen and oxygen atoms in total. The first-order chi connectivity index (χ1) is 7.16. The molecule has 88 valence electrons. The van der Waals surface area contributed by atoms with Crippen LogP contribution in [0.15, 0.2) is 0 Å². The van der Waals surface area contributed by atoms with E-state index in [1.54, 1.807) is 0 Å². The van der Waals surface area contributed by atoms with E-state index < -0.39 is 0 Å². The SMILES string of the molecule is CCOC(C(=N)N1CCCCC1)C(C)C.